The summed E-state index contributed by atoms with van der Waals surface area (Å²) in [6, 6.07) is 4.26. The van der Waals surface area contributed by atoms with E-state index in [4.69, 9.17) is 4.42 Å². The van der Waals surface area contributed by atoms with Crippen molar-refractivity contribution < 1.29 is 9.21 Å². The van der Waals surface area contributed by atoms with Gasteiger partial charge in [0.2, 0.25) is 0 Å². The van der Waals surface area contributed by atoms with Crippen LogP contribution in [-0.4, -0.2) is 29.9 Å². The van der Waals surface area contributed by atoms with Gasteiger partial charge in [-0.2, -0.15) is 11.8 Å². The molecule has 0 radical (unpaired) electrons. The third-order valence-electron chi connectivity index (χ3n) is 2.91. The minimum atomic E-state index is 0.426. The smallest absolute Gasteiger partial charge is 0.196 e. The number of hydrogen-bond donors (Lipinski definition) is 0. The highest BCUT2D eigenvalue weighted by Crippen LogP contribution is 2.40. The Morgan fingerprint density at radius 3 is 3.07 bits per heavy atom. The van der Waals surface area contributed by atoms with Gasteiger partial charge in [-0.3, -0.25) is 4.79 Å². The molecule has 1 aromatic heterocycles. The van der Waals surface area contributed by atoms with Gasteiger partial charge in [-0.1, -0.05) is 0 Å². The van der Waals surface area contributed by atoms with E-state index in [1.165, 1.54) is 12.2 Å². The first-order valence-corrected chi connectivity index (χ1v) is 5.85. The lowest BCUT2D eigenvalue weighted by atomic mass is 10.2. The number of rotatable bonds is 2. The maximum Gasteiger partial charge on any atom is 0.196 e. The van der Waals surface area contributed by atoms with Crippen LogP contribution in [-0.2, 0) is 0 Å². The van der Waals surface area contributed by atoms with Crippen molar-refractivity contribution in [3.8, 4) is 0 Å². The van der Waals surface area contributed by atoms with Crippen molar-refractivity contribution >= 4 is 23.9 Å². The van der Waals surface area contributed by atoms with Gasteiger partial charge in [0, 0.05) is 29.7 Å². The number of carbonyl (C=O) groups is 1. The monoisotopic (exact) mass is 209 g/mol. The Labute approximate surface area is 86.4 Å². The zero-order valence-electron chi connectivity index (χ0n) is 7.68. The van der Waals surface area contributed by atoms with Crippen LogP contribution in [0.3, 0.4) is 0 Å². The fourth-order valence-corrected chi connectivity index (χ4v) is 3.66. The lowest BCUT2D eigenvalue weighted by Gasteiger charge is -2.25. The molecule has 0 aromatic carbocycles. The molecule has 3 heterocycles. The van der Waals surface area contributed by atoms with E-state index in [0.29, 0.717) is 11.8 Å². The predicted octanol–water partition coefficient (Wildman–Crippen LogP) is 1.79. The van der Waals surface area contributed by atoms with Gasteiger partial charge in [-0.25, -0.2) is 0 Å². The quantitative estimate of drug-likeness (QED) is 0.695. The summed E-state index contributed by atoms with van der Waals surface area (Å²) in [6.45, 7) is 1.07. The van der Waals surface area contributed by atoms with E-state index in [1.807, 2.05) is 6.07 Å². The molecule has 3 rings (SSSR count). The second kappa shape index (κ2) is 3.05. The van der Waals surface area contributed by atoms with Gasteiger partial charge in [0.15, 0.2) is 17.9 Å². The summed E-state index contributed by atoms with van der Waals surface area (Å²) in [5.74, 6) is 2.48. The number of nitrogens with zero attached hydrogens (tertiary/aromatic N) is 1. The number of thioether (sulfide) groups is 1. The van der Waals surface area contributed by atoms with Crippen molar-refractivity contribution in [3.05, 3.63) is 17.9 Å². The molecule has 74 valence electrons. The molecule has 0 spiro atoms. The first-order chi connectivity index (χ1) is 6.86. The van der Waals surface area contributed by atoms with Crippen LogP contribution in [0, 0.1) is 0 Å². The molecule has 14 heavy (non-hydrogen) atoms. The van der Waals surface area contributed by atoms with Crippen LogP contribution < -0.4 is 4.90 Å². The fourth-order valence-electron chi connectivity index (χ4n) is 2.23. The molecule has 2 atom stereocenters. The average molecular weight is 209 g/mol. The topological polar surface area (TPSA) is 33.5 Å². The highest BCUT2D eigenvalue weighted by molar-refractivity contribution is 8.00. The summed E-state index contributed by atoms with van der Waals surface area (Å²) in [6.07, 6.45) is 2.02. The fraction of sp³-hybridized carbons (Fsp3) is 0.500. The molecule has 2 fully saturated rings. The Hall–Kier alpha value is -0.900. The van der Waals surface area contributed by atoms with Crippen LogP contribution in [0.25, 0.3) is 0 Å². The van der Waals surface area contributed by atoms with Crippen LogP contribution in [0.4, 0.5) is 5.88 Å². The second-order valence-electron chi connectivity index (χ2n) is 3.79. The largest absolute Gasteiger partial charge is 0.438 e. The van der Waals surface area contributed by atoms with Crippen molar-refractivity contribution in [2.45, 2.75) is 17.7 Å². The number of fused-ring (bicyclic) bond motifs is 2. The highest BCUT2D eigenvalue weighted by Gasteiger charge is 2.39. The second-order valence-corrected chi connectivity index (χ2v) is 5.12. The SMILES string of the molecule is O=Cc1ccc(N2CC3CC2CS3)o1. The molecule has 0 amide bonds. The van der Waals surface area contributed by atoms with E-state index >= 15 is 0 Å². The molecular formula is C10H11NO2S. The minimum Gasteiger partial charge on any atom is -0.438 e. The van der Waals surface area contributed by atoms with Gasteiger partial charge in [0.1, 0.15) is 0 Å². The maximum atomic E-state index is 10.5. The molecule has 2 unspecified atom stereocenters. The van der Waals surface area contributed by atoms with Gasteiger partial charge in [0.05, 0.1) is 0 Å². The first-order valence-electron chi connectivity index (χ1n) is 4.80. The summed E-state index contributed by atoms with van der Waals surface area (Å²) in [4.78, 5) is 12.8. The van der Waals surface area contributed by atoms with Gasteiger partial charge in [0.25, 0.3) is 0 Å². The summed E-state index contributed by atoms with van der Waals surface area (Å²) in [5.41, 5.74) is 0. The maximum absolute atomic E-state index is 10.5. The van der Waals surface area contributed by atoms with Gasteiger partial charge < -0.3 is 9.32 Å². The first kappa shape index (κ1) is 8.41. The van der Waals surface area contributed by atoms with E-state index in [2.05, 4.69) is 16.7 Å². The van der Waals surface area contributed by atoms with Crippen LogP contribution >= 0.6 is 11.8 Å². The minimum absolute atomic E-state index is 0.426. The van der Waals surface area contributed by atoms with E-state index in [-0.39, 0.29) is 0 Å². The molecule has 4 heteroatoms. The van der Waals surface area contributed by atoms with Crippen molar-refractivity contribution in [1.29, 1.82) is 0 Å². The van der Waals surface area contributed by atoms with E-state index < -0.39 is 0 Å². The highest BCUT2D eigenvalue weighted by atomic mass is 32.2. The molecule has 0 aliphatic carbocycles. The molecule has 2 aliphatic rings. The lowest BCUT2D eigenvalue weighted by Crippen LogP contribution is -2.33. The van der Waals surface area contributed by atoms with Gasteiger partial charge >= 0.3 is 0 Å². The lowest BCUT2D eigenvalue weighted by molar-refractivity contribution is 0.110. The zero-order chi connectivity index (χ0) is 9.54. The molecule has 3 nitrogen and oxygen atoms in total. The van der Waals surface area contributed by atoms with Crippen molar-refractivity contribution in [3.63, 3.8) is 0 Å². The Morgan fingerprint density at radius 1 is 1.57 bits per heavy atom. The van der Waals surface area contributed by atoms with Crippen LogP contribution in [0.2, 0.25) is 0 Å². The van der Waals surface area contributed by atoms with Crippen molar-refractivity contribution in [1.82, 2.24) is 0 Å². The summed E-state index contributed by atoms with van der Waals surface area (Å²) in [7, 11) is 0. The summed E-state index contributed by atoms with van der Waals surface area (Å²) in [5, 5.41) is 0.768. The molecule has 2 bridgehead atoms. The predicted molar refractivity (Wildman–Crippen MR) is 56.1 cm³/mol. The molecule has 0 saturated carbocycles. The number of carbonyl (C=O) groups excluding carboxylic acids is 1. The molecule has 2 saturated heterocycles. The van der Waals surface area contributed by atoms with Crippen molar-refractivity contribution in [2.75, 3.05) is 17.2 Å². The molecule has 0 N–H and O–H groups in total. The van der Waals surface area contributed by atoms with Crippen LogP contribution in [0.5, 0.6) is 0 Å². The van der Waals surface area contributed by atoms with Gasteiger partial charge in [-0.05, 0) is 12.5 Å². The Bertz CT molecular complexity index is 363. The average Bonchev–Trinajstić information content (AvgIpc) is 2.93. The van der Waals surface area contributed by atoms with E-state index in [0.717, 1.165) is 24.0 Å². The number of anilines is 1. The Balaban J connectivity index is 1.85. The van der Waals surface area contributed by atoms with Crippen molar-refractivity contribution in [2.24, 2.45) is 0 Å². The third kappa shape index (κ3) is 1.17. The molecular weight excluding hydrogens is 198 g/mol. The normalized spacial score (nSPS) is 29.9. The number of furan rings is 1. The van der Waals surface area contributed by atoms with E-state index in [1.54, 1.807) is 6.07 Å². The van der Waals surface area contributed by atoms with Crippen LogP contribution in [0.1, 0.15) is 17.0 Å². The summed E-state index contributed by atoms with van der Waals surface area (Å²) < 4.78 is 5.42. The molecule has 2 aliphatic heterocycles. The van der Waals surface area contributed by atoms with E-state index in [9.17, 15) is 4.79 Å². The standard InChI is InChI=1S/C10H11NO2S/c12-5-8-1-2-10(13-8)11-4-9-3-7(11)6-14-9/h1-2,5,7,9H,3-4,6H2. The molecule has 1 aromatic rings. The Kier molecular flexibility index (Phi) is 1.83. The number of aldehydes is 1. The van der Waals surface area contributed by atoms with Gasteiger partial charge in [-0.15, -0.1) is 0 Å². The van der Waals surface area contributed by atoms with Crippen LogP contribution in [0.15, 0.2) is 16.5 Å². The number of hydrogen-bond acceptors (Lipinski definition) is 4. The zero-order valence-corrected chi connectivity index (χ0v) is 8.50. The Morgan fingerprint density at radius 2 is 2.50 bits per heavy atom. The summed E-state index contributed by atoms with van der Waals surface area (Å²) >= 11 is 2.05. The third-order valence-corrected chi connectivity index (χ3v) is 4.30.